The van der Waals surface area contributed by atoms with Crippen molar-refractivity contribution in [3.8, 4) is 0 Å². The molecule has 1 saturated heterocycles. The number of hydrogen-bond donors (Lipinski definition) is 1. The molecule has 2 heterocycles. The third-order valence-electron chi connectivity index (χ3n) is 4.07. The molecule has 1 aliphatic rings. The van der Waals surface area contributed by atoms with Crippen LogP contribution in [0.2, 0.25) is 0 Å². The Morgan fingerprint density at radius 2 is 2.14 bits per heavy atom. The Morgan fingerprint density at radius 3 is 2.95 bits per heavy atom. The number of nitrogens with two attached hydrogens (primary N) is 1. The summed E-state index contributed by atoms with van der Waals surface area (Å²) in [5.41, 5.74) is 5.76. The fourth-order valence-electron chi connectivity index (χ4n) is 2.97. The highest BCUT2D eigenvalue weighted by Gasteiger charge is 2.33. The molecule has 112 valence electrons. The lowest BCUT2D eigenvalue weighted by Crippen LogP contribution is -2.47. The first-order valence-electron chi connectivity index (χ1n) is 7.19. The Balaban J connectivity index is 2.12. The Bertz CT molecular complexity index is 740. The van der Waals surface area contributed by atoms with Gasteiger partial charge in [-0.1, -0.05) is 18.6 Å². The largest absolute Gasteiger partial charge is 0.329 e. The van der Waals surface area contributed by atoms with E-state index >= 15 is 0 Å². The second-order valence-corrected chi connectivity index (χ2v) is 7.21. The molecule has 1 atom stereocenters. The standard InChI is InChI=1S/C15H19N3O2S/c16-10-13-5-1-2-9-18(13)21(19,20)15-6-3-4-12-11-17-8-7-14(12)15/h3-4,6-8,11,13H,1-2,5,9-10,16H2/t13-/m0/s1. The number of nitrogens with zero attached hydrogens (tertiary/aromatic N) is 2. The van der Waals surface area contributed by atoms with Crippen molar-refractivity contribution >= 4 is 20.8 Å². The van der Waals surface area contributed by atoms with Gasteiger partial charge in [-0.3, -0.25) is 4.98 Å². The van der Waals surface area contributed by atoms with Crippen molar-refractivity contribution in [2.75, 3.05) is 13.1 Å². The van der Waals surface area contributed by atoms with E-state index in [1.807, 2.05) is 6.07 Å². The van der Waals surface area contributed by atoms with Crippen LogP contribution < -0.4 is 5.73 Å². The molecule has 0 saturated carbocycles. The molecule has 2 N–H and O–H groups in total. The zero-order chi connectivity index (χ0) is 14.9. The van der Waals surface area contributed by atoms with Crippen molar-refractivity contribution in [1.82, 2.24) is 9.29 Å². The number of fused-ring (bicyclic) bond motifs is 1. The van der Waals surface area contributed by atoms with Crippen LogP contribution in [0, 0.1) is 0 Å². The van der Waals surface area contributed by atoms with Crippen LogP contribution in [0.5, 0.6) is 0 Å². The maximum Gasteiger partial charge on any atom is 0.243 e. The zero-order valence-corrected chi connectivity index (χ0v) is 12.6. The topological polar surface area (TPSA) is 76.3 Å². The van der Waals surface area contributed by atoms with E-state index in [0.717, 1.165) is 24.6 Å². The normalized spacial score (nSPS) is 20.7. The summed E-state index contributed by atoms with van der Waals surface area (Å²) in [6, 6.07) is 6.96. The van der Waals surface area contributed by atoms with E-state index < -0.39 is 10.0 Å². The van der Waals surface area contributed by atoms with Crippen LogP contribution in [0.1, 0.15) is 19.3 Å². The summed E-state index contributed by atoms with van der Waals surface area (Å²) >= 11 is 0. The van der Waals surface area contributed by atoms with Gasteiger partial charge in [0.05, 0.1) is 4.90 Å². The Labute approximate surface area is 124 Å². The lowest BCUT2D eigenvalue weighted by Gasteiger charge is -2.34. The van der Waals surface area contributed by atoms with Crippen LogP contribution in [0.3, 0.4) is 0 Å². The number of benzene rings is 1. The average molecular weight is 305 g/mol. The van der Waals surface area contributed by atoms with Crippen LogP contribution in [-0.2, 0) is 10.0 Å². The average Bonchev–Trinajstić information content (AvgIpc) is 2.54. The van der Waals surface area contributed by atoms with E-state index in [-0.39, 0.29) is 6.04 Å². The first-order chi connectivity index (χ1) is 10.1. The predicted octanol–water partition coefficient (Wildman–Crippen LogP) is 1.74. The van der Waals surface area contributed by atoms with Gasteiger partial charge in [0.1, 0.15) is 0 Å². The fraction of sp³-hybridized carbons (Fsp3) is 0.400. The molecule has 2 aromatic rings. The summed E-state index contributed by atoms with van der Waals surface area (Å²) in [4.78, 5) is 4.40. The van der Waals surface area contributed by atoms with Crippen LogP contribution >= 0.6 is 0 Å². The first-order valence-corrected chi connectivity index (χ1v) is 8.63. The molecular weight excluding hydrogens is 286 g/mol. The number of rotatable bonds is 3. The van der Waals surface area contributed by atoms with Gasteiger partial charge < -0.3 is 5.73 Å². The zero-order valence-electron chi connectivity index (χ0n) is 11.8. The van der Waals surface area contributed by atoms with Crippen molar-refractivity contribution in [3.05, 3.63) is 36.7 Å². The van der Waals surface area contributed by atoms with Gasteiger partial charge in [0.25, 0.3) is 0 Å². The molecule has 0 amide bonds. The van der Waals surface area contributed by atoms with Crippen LogP contribution in [0.25, 0.3) is 10.8 Å². The summed E-state index contributed by atoms with van der Waals surface area (Å²) in [7, 11) is -3.52. The van der Waals surface area contributed by atoms with E-state index in [4.69, 9.17) is 5.73 Å². The number of pyridine rings is 1. The minimum Gasteiger partial charge on any atom is -0.329 e. The van der Waals surface area contributed by atoms with E-state index in [0.29, 0.717) is 23.4 Å². The molecule has 5 nitrogen and oxygen atoms in total. The number of sulfonamides is 1. The lowest BCUT2D eigenvalue weighted by molar-refractivity contribution is 0.258. The highest BCUT2D eigenvalue weighted by atomic mass is 32.2. The van der Waals surface area contributed by atoms with Crippen molar-refractivity contribution in [1.29, 1.82) is 0 Å². The third kappa shape index (κ3) is 2.54. The molecule has 0 spiro atoms. The van der Waals surface area contributed by atoms with E-state index in [1.54, 1.807) is 34.9 Å². The predicted molar refractivity (Wildman–Crippen MR) is 82.3 cm³/mol. The highest BCUT2D eigenvalue weighted by molar-refractivity contribution is 7.89. The van der Waals surface area contributed by atoms with Crippen LogP contribution in [-0.4, -0.2) is 36.8 Å². The van der Waals surface area contributed by atoms with Crippen molar-refractivity contribution in [3.63, 3.8) is 0 Å². The van der Waals surface area contributed by atoms with Gasteiger partial charge in [-0.05, 0) is 25.0 Å². The summed E-state index contributed by atoms with van der Waals surface area (Å²) in [5, 5.41) is 1.55. The Hall–Kier alpha value is -1.50. The molecular formula is C15H19N3O2S. The van der Waals surface area contributed by atoms with Gasteiger partial charge in [-0.15, -0.1) is 0 Å². The molecule has 1 aromatic heterocycles. The van der Waals surface area contributed by atoms with E-state index in [9.17, 15) is 8.42 Å². The number of hydrogen-bond acceptors (Lipinski definition) is 4. The van der Waals surface area contributed by atoms with Crippen molar-refractivity contribution < 1.29 is 8.42 Å². The quantitative estimate of drug-likeness (QED) is 0.937. The lowest BCUT2D eigenvalue weighted by atomic mass is 10.1. The minimum absolute atomic E-state index is 0.0964. The molecule has 6 heteroatoms. The van der Waals surface area contributed by atoms with Crippen molar-refractivity contribution in [2.24, 2.45) is 5.73 Å². The van der Waals surface area contributed by atoms with Crippen LogP contribution in [0.15, 0.2) is 41.6 Å². The summed E-state index contributed by atoms with van der Waals surface area (Å²) in [6.45, 7) is 0.914. The maximum absolute atomic E-state index is 13.0. The number of aromatic nitrogens is 1. The van der Waals surface area contributed by atoms with E-state index in [2.05, 4.69) is 4.98 Å². The molecule has 0 bridgehead atoms. The Morgan fingerprint density at radius 1 is 1.29 bits per heavy atom. The second kappa shape index (κ2) is 5.71. The number of piperidine rings is 1. The molecule has 1 aromatic carbocycles. The minimum atomic E-state index is -3.52. The maximum atomic E-state index is 13.0. The van der Waals surface area contributed by atoms with Crippen molar-refractivity contribution in [2.45, 2.75) is 30.2 Å². The van der Waals surface area contributed by atoms with Gasteiger partial charge in [-0.25, -0.2) is 8.42 Å². The molecule has 0 unspecified atom stereocenters. The smallest absolute Gasteiger partial charge is 0.243 e. The van der Waals surface area contributed by atoms with Gasteiger partial charge in [0.15, 0.2) is 0 Å². The Kier molecular flexibility index (Phi) is 3.93. The molecule has 0 aliphatic carbocycles. The SMILES string of the molecule is NC[C@@H]1CCCCN1S(=O)(=O)c1cccc2cnccc12. The highest BCUT2D eigenvalue weighted by Crippen LogP contribution is 2.29. The van der Waals surface area contributed by atoms with Gasteiger partial charge in [-0.2, -0.15) is 4.31 Å². The molecule has 3 rings (SSSR count). The molecule has 1 fully saturated rings. The molecule has 21 heavy (non-hydrogen) atoms. The molecule has 0 radical (unpaired) electrons. The van der Waals surface area contributed by atoms with Gasteiger partial charge >= 0.3 is 0 Å². The van der Waals surface area contributed by atoms with Gasteiger partial charge in [0, 0.05) is 42.3 Å². The second-order valence-electron chi connectivity index (χ2n) is 5.35. The summed E-state index contributed by atoms with van der Waals surface area (Å²) in [5.74, 6) is 0. The third-order valence-corrected chi connectivity index (χ3v) is 6.08. The van der Waals surface area contributed by atoms with E-state index in [1.165, 1.54) is 0 Å². The summed E-state index contributed by atoms with van der Waals surface area (Å²) in [6.07, 6.45) is 6.07. The monoisotopic (exact) mass is 305 g/mol. The summed E-state index contributed by atoms with van der Waals surface area (Å²) < 4.78 is 27.6. The van der Waals surface area contributed by atoms with Crippen LogP contribution in [0.4, 0.5) is 0 Å². The molecule has 1 aliphatic heterocycles. The fourth-order valence-corrected chi connectivity index (χ4v) is 4.89. The first kappa shape index (κ1) is 14.4. The van der Waals surface area contributed by atoms with Gasteiger partial charge in [0.2, 0.25) is 10.0 Å².